The summed E-state index contributed by atoms with van der Waals surface area (Å²) in [4.78, 5) is 10.4. The molecule has 0 atom stereocenters. The van der Waals surface area contributed by atoms with E-state index >= 15 is 0 Å². The average molecular weight is 207 g/mol. The summed E-state index contributed by atoms with van der Waals surface area (Å²) < 4.78 is 5.23. The average Bonchev–Trinajstić information content (AvgIpc) is 2.30. The third-order valence-electron chi connectivity index (χ3n) is 2.24. The number of ether oxygens (including phenoxy) is 1. The molecule has 0 spiro atoms. The van der Waals surface area contributed by atoms with Crippen molar-refractivity contribution < 1.29 is 4.74 Å². The fraction of sp³-hybridized carbons (Fsp3) is 0.444. The smallest absolute Gasteiger partial charge is 0.225 e. The van der Waals surface area contributed by atoms with E-state index in [2.05, 4.69) is 9.97 Å². The van der Waals surface area contributed by atoms with E-state index in [1.54, 1.807) is 12.4 Å². The van der Waals surface area contributed by atoms with Crippen LogP contribution in [0, 0.1) is 5.41 Å². The molecule has 0 aromatic carbocycles. The third kappa shape index (κ3) is 2.21. The largest absolute Gasteiger partial charge is 0.384 e. The molecule has 0 bridgehead atoms. The van der Waals surface area contributed by atoms with Crippen LogP contribution in [0.3, 0.4) is 0 Å². The number of aromatic nitrogens is 2. The topological polar surface area (TPSA) is 88.1 Å². The zero-order valence-electron chi connectivity index (χ0n) is 8.31. The minimum Gasteiger partial charge on any atom is -0.384 e. The summed E-state index contributed by atoms with van der Waals surface area (Å²) in [6.45, 7) is 3.02. The van der Waals surface area contributed by atoms with Crippen molar-refractivity contribution in [2.75, 3.05) is 31.2 Å². The highest BCUT2D eigenvalue weighted by atomic mass is 16.5. The highest BCUT2D eigenvalue weighted by Crippen LogP contribution is 2.08. The van der Waals surface area contributed by atoms with Crippen LogP contribution in [0.2, 0.25) is 0 Å². The number of nitrogens with two attached hydrogens (primary N) is 1. The third-order valence-corrected chi connectivity index (χ3v) is 2.24. The molecule has 0 radical (unpaired) electrons. The summed E-state index contributed by atoms with van der Waals surface area (Å²) in [6, 6.07) is 0. The molecule has 0 unspecified atom stereocenters. The first kappa shape index (κ1) is 9.85. The Hall–Kier alpha value is -1.69. The number of rotatable bonds is 2. The summed E-state index contributed by atoms with van der Waals surface area (Å²) in [5, 5.41) is 7.21. The van der Waals surface area contributed by atoms with Gasteiger partial charge in [0.05, 0.1) is 18.8 Å². The zero-order chi connectivity index (χ0) is 10.7. The van der Waals surface area contributed by atoms with E-state index in [-0.39, 0.29) is 5.84 Å². The van der Waals surface area contributed by atoms with E-state index in [4.69, 9.17) is 15.9 Å². The van der Waals surface area contributed by atoms with Gasteiger partial charge in [0.2, 0.25) is 5.95 Å². The number of anilines is 1. The first-order chi connectivity index (χ1) is 7.27. The van der Waals surface area contributed by atoms with Gasteiger partial charge in [-0.15, -0.1) is 0 Å². The van der Waals surface area contributed by atoms with E-state index < -0.39 is 0 Å². The van der Waals surface area contributed by atoms with E-state index in [1.165, 1.54) is 0 Å². The summed E-state index contributed by atoms with van der Waals surface area (Å²) in [7, 11) is 0. The Labute approximate surface area is 87.6 Å². The number of morpholine rings is 1. The van der Waals surface area contributed by atoms with Gasteiger partial charge in [0, 0.05) is 25.5 Å². The van der Waals surface area contributed by atoms with Crippen molar-refractivity contribution in [3.8, 4) is 0 Å². The lowest BCUT2D eigenvalue weighted by atomic mass is 10.3. The van der Waals surface area contributed by atoms with Gasteiger partial charge in [-0.2, -0.15) is 0 Å². The predicted octanol–water partition coefficient (Wildman–Crippen LogP) is -0.403. The van der Waals surface area contributed by atoms with Gasteiger partial charge in [0.1, 0.15) is 5.84 Å². The molecule has 3 N–H and O–H groups in total. The van der Waals surface area contributed by atoms with Crippen LogP contribution in [-0.4, -0.2) is 42.1 Å². The molecule has 1 aliphatic rings. The highest BCUT2D eigenvalue weighted by molar-refractivity contribution is 5.94. The molecular weight excluding hydrogens is 194 g/mol. The number of nitrogen functional groups attached to an aromatic ring is 1. The minimum absolute atomic E-state index is 0.0106. The molecule has 0 saturated carbocycles. The Kier molecular flexibility index (Phi) is 2.77. The molecule has 0 amide bonds. The van der Waals surface area contributed by atoms with Crippen molar-refractivity contribution in [1.82, 2.24) is 9.97 Å². The van der Waals surface area contributed by atoms with E-state index in [0.29, 0.717) is 24.7 Å². The number of nitrogens with one attached hydrogen (secondary N) is 1. The Bertz CT molecular complexity index is 344. The quantitative estimate of drug-likeness (QED) is 0.508. The van der Waals surface area contributed by atoms with E-state index in [9.17, 15) is 0 Å². The van der Waals surface area contributed by atoms with E-state index in [0.717, 1.165) is 13.1 Å². The van der Waals surface area contributed by atoms with Gasteiger partial charge in [-0.3, -0.25) is 5.41 Å². The van der Waals surface area contributed by atoms with Gasteiger partial charge in [-0.25, -0.2) is 9.97 Å². The van der Waals surface area contributed by atoms with Gasteiger partial charge in [0.15, 0.2) is 0 Å². The fourth-order valence-electron chi connectivity index (χ4n) is 1.39. The molecule has 6 nitrogen and oxygen atoms in total. The molecule has 80 valence electrons. The molecule has 15 heavy (non-hydrogen) atoms. The van der Waals surface area contributed by atoms with Gasteiger partial charge >= 0.3 is 0 Å². The van der Waals surface area contributed by atoms with Gasteiger partial charge in [0.25, 0.3) is 0 Å². The second kappa shape index (κ2) is 4.22. The van der Waals surface area contributed by atoms with Crippen molar-refractivity contribution in [2.45, 2.75) is 0 Å². The molecule has 0 aliphatic carbocycles. The SMILES string of the molecule is N=C(N)c1cnc(N2CCOCC2)nc1. The molecule has 1 fully saturated rings. The van der Waals surface area contributed by atoms with Crippen molar-refractivity contribution in [3.05, 3.63) is 18.0 Å². The van der Waals surface area contributed by atoms with Gasteiger partial charge in [-0.05, 0) is 0 Å². The van der Waals surface area contributed by atoms with Crippen molar-refractivity contribution >= 4 is 11.8 Å². The highest BCUT2D eigenvalue weighted by Gasteiger charge is 2.13. The summed E-state index contributed by atoms with van der Waals surface area (Å²) >= 11 is 0. The lowest BCUT2D eigenvalue weighted by Gasteiger charge is -2.26. The van der Waals surface area contributed by atoms with Crippen LogP contribution in [-0.2, 0) is 4.74 Å². The maximum Gasteiger partial charge on any atom is 0.225 e. The predicted molar refractivity (Wildman–Crippen MR) is 56.1 cm³/mol. The van der Waals surface area contributed by atoms with Gasteiger partial charge in [-0.1, -0.05) is 0 Å². The van der Waals surface area contributed by atoms with Crippen molar-refractivity contribution in [3.63, 3.8) is 0 Å². The minimum atomic E-state index is -0.0106. The van der Waals surface area contributed by atoms with E-state index in [1.807, 2.05) is 4.90 Å². The number of amidine groups is 1. The van der Waals surface area contributed by atoms with Crippen LogP contribution in [0.5, 0.6) is 0 Å². The molecule has 1 aliphatic heterocycles. The molecule has 1 saturated heterocycles. The van der Waals surface area contributed by atoms with Crippen molar-refractivity contribution in [2.24, 2.45) is 5.73 Å². The van der Waals surface area contributed by atoms with Crippen LogP contribution in [0.1, 0.15) is 5.56 Å². The maximum absolute atomic E-state index is 7.21. The summed E-state index contributed by atoms with van der Waals surface area (Å²) in [5.74, 6) is 0.659. The molecule has 2 rings (SSSR count). The van der Waals surface area contributed by atoms with Crippen LogP contribution >= 0.6 is 0 Å². The monoisotopic (exact) mass is 207 g/mol. The Morgan fingerprint density at radius 2 is 1.93 bits per heavy atom. The zero-order valence-corrected chi connectivity index (χ0v) is 8.31. The van der Waals surface area contributed by atoms with Gasteiger partial charge < -0.3 is 15.4 Å². The Morgan fingerprint density at radius 1 is 1.33 bits per heavy atom. The van der Waals surface area contributed by atoms with Crippen LogP contribution in [0.25, 0.3) is 0 Å². The van der Waals surface area contributed by atoms with Crippen LogP contribution in [0.4, 0.5) is 5.95 Å². The van der Waals surface area contributed by atoms with Crippen LogP contribution in [0.15, 0.2) is 12.4 Å². The standard InChI is InChI=1S/C9H13N5O/c10-8(11)7-5-12-9(13-6-7)14-1-3-15-4-2-14/h5-6H,1-4H2,(H3,10,11). The van der Waals surface area contributed by atoms with Crippen LogP contribution < -0.4 is 10.6 Å². The normalized spacial score (nSPS) is 16.4. The molecule has 6 heteroatoms. The first-order valence-corrected chi connectivity index (χ1v) is 4.76. The Morgan fingerprint density at radius 3 is 2.47 bits per heavy atom. The Balaban J connectivity index is 2.11. The lowest BCUT2D eigenvalue weighted by Crippen LogP contribution is -2.37. The number of nitrogens with zero attached hydrogens (tertiary/aromatic N) is 3. The van der Waals surface area contributed by atoms with Crippen molar-refractivity contribution in [1.29, 1.82) is 5.41 Å². The second-order valence-electron chi connectivity index (χ2n) is 3.28. The number of hydrogen-bond donors (Lipinski definition) is 2. The molecular formula is C9H13N5O. The molecule has 1 aromatic heterocycles. The molecule has 2 heterocycles. The fourth-order valence-corrected chi connectivity index (χ4v) is 1.39. The summed E-state index contributed by atoms with van der Waals surface area (Å²) in [5.41, 5.74) is 5.86. The maximum atomic E-state index is 7.21. The lowest BCUT2D eigenvalue weighted by molar-refractivity contribution is 0.122. The number of hydrogen-bond acceptors (Lipinski definition) is 5. The molecule has 1 aromatic rings. The second-order valence-corrected chi connectivity index (χ2v) is 3.28. The summed E-state index contributed by atoms with van der Waals surface area (Å²) in [6.07, 6.45) is 3.14. The first-order valence-electron chi connectivity index (χ1n) is 4.76.